The minimum Gasteiger partial charge on any atom is -0.368 e. The number of hydrogen-bond acceptors (Lipinski definition) is 3. The Morgan fingerprint density at radius 3 is 2.75 bits per heavy atom. The Hall–Kier alpha value is -0.350. The van der Waals surface area contributed by atoms with Crippen LogP contribution in [0.25, 0.3) is 0 Å². The molecule has 0 unspecified atom stereocenters. The SMILES string of the molecule is CCCc1nc(N)nc(Cl)c1Br. The molecule has 1 aromatic heterocycles. The van der Waals surface area contributed by atoms with E-state index in [4.69, 9.17) is 17.3 Å². The number of nitrogens with two attached hydrogens (primary N) is 1. The average molecular weight is 251 g/mol. The molecule has 1 heterocycles. The number of nitrogens with zero attached hydrogens (tertiary/aromatic N) is 2. The van der Waals surface area contributed by atoms with Gasteiger partial charge in [0.15, 0.2) is 0 Å². The maximum absolute atomic E-state index is 5.78. The van der Waals surface area contributed by atoms with Crippen molar-refractivity contribution in [3.05, 3.63) is 15.3 Å². The second-order valence-corrected chi connectivity index (χ2v) is 3.53. The van der Waals surface area contributed by atoms with Crippen molar-refractivity contribution in [2.24, 2.45) is 0 Å². The summed E-state index contributed by atoms with van der Waals surface area (Å²) in [4.78, 5) is 7.86. The molecule has 0 aliphatic rings. The highest BCUT2D eigenvalue weighted by Crippen LogP contribution is 2.24. The molecule has 0 radical (unpaired) electrons. The molecule has 0 aromatic carbocycles. The molecule has 0 aliphatic carbocycles. The van der Waals surface area contributed by atoms with Crippen LogP contribution in [-0.2, 0) is 6.42 Å². The Balaban J connectivity index is 3.09. The number of nitrogen functional groups attached to an aromatic ring is 1. The van der Waals surface area contributed by atoms with Crippen LogP contribution in [0.4, 0.5) is 5.95 Å². The number of anilines is 1. The number of aryl methyl sites for hydroxylation is 1. The van der Waals surface area contributed by atoms with Crippen LogP contribution in [0.5, 0.6) is 0 Å². The van der Waals surface area contributed by atoms with Crippen LogP contribution < -0.4 is 5.73 Å². The van der Waals surface area contributed by atoms with Gasteiger partial charge in [0, 0.05) is 0 Å². The summed E-state index contributed by atoms with van der Waals surface area (Å²) >= 11 is 9.08. The van der Waals surface area contributed by atoms with Gasteiger partial charge in [-0.15, -0.1) is 0 Å². The molecule has 12 heavy (non-hydrogen) atoms. The fourth-order valence-electron chi connectivity index (χ4n) is 0.884. The zero-order chi connectivity index (χ0) is 9.14. The fraction of sp³-hybridized carbons (Fsp3) is 0.429. The summed E-state index contributed by atoms with van der Waals surface area (Å²) in [6, 6.07) is 0. The van der Waals surface area contributed by atoms with E-state index < -0.39 is 0 Å². The summed E-state index contributed by atoms with van der Waals surface area (Å²) in [5, 5.41) is 0.381. The van der Waals surface area contributed by atoms with Crippen molar-refractivity contribution in [3.8, 4) is 0 Å². The molecule has 0 amide bonds. The van der Waals surface area contributed by atoms with Crippen molar-refractivity contribution in [1.82, 2.24) is 9.97 Å². The molecule has 0 spiro atoms. The molecule has 0 fully saturated rings. The van der Waals surface area contributed by atoms with Crippen LogP contribution >= 0.6 is 27.5 Å². The van der Waals surface area contributed by atoms with Gasteiger partial charge in [0.2, 0.25) is 5.95 Å². The molecule has 0 atom stereocenters. The molecule has 0 bridgehead atoms. The third kappa shape index (κ3) is 2.08. The molecular formula is C7H9BrClN3. The van der Waals surface area contributed by atoms with Gasteiger partial charge in [-0.05, 0) is 22.4 Å². The van der Waals surface area contributed by atoms with Gasteiger partial charge in [0.25, 0.3) is 0 Å². The van der Waals surface area contributed by atoms with Gasteiger partial charge in [-0.3, -0.25) is 0 Å². The van der Waals surface area contributed by atoms with E-state index >= 15 is 0 Å². The first-order valence-electron chi connectivity index (χ1n) is 3.62. The van der Waals surface area contributed by atoms with Crippen molar-refractivity contribution in [3.63, 3.8) is 0 Å². The fourth-order valence-corrected chi connectivity index (χ4v) is 1.45. The van der Waals surface area contributed by atoms with Gasteiger partial charge in [-0.25, -0.2) is 9.97 Å². The van der Waals surface area contributed by atoms with Crippen LogP contribution in [0.15, 0.2) is 4.47 Å². The lowest BCUT2D eigenvalue weighted by Crippen LogP contribution is -2.00. The molecule has 2 N–H and O–H groups in total. The molecule has 0 aliphatic heterocycles. The highest BCUT2D eigenvalue weighted by Gasteiger charge is 2.07. The van der Waals surface area contributed by atoms with E-state index in [2.05, 4.69) is 32.8 Å². The average Bonchev–Trinajstić information content (AvgIpc) is 2.00. The van der Waals surface area contributed by atoms with Gasteiger partial charge in [0.05, 0.1) is 10.2 Å². The number of rotatable bonds is 2. The maximum Gasteiger partial charge on any atom is 0.221 e. The Morgan fingerprint density at radius 2 is 2.17 bits per heavy atom. The van der Waals surface area contributed by atoms with Crippen LogP contribution in [0.3, 0.4) is 0 Å². The summed E-state index contributed by atoms with van der Waals surface area (Å²) in [6.07, 6.45) is 1.86. The lowest BCUT2D eigenvalue weighted by Gasteiger charge is -2.03. The van der Waals surface area contributed by atoms with Crippen molar-refractivity contribution < 1.29 is 0 Å². The highest BCUT2D eigenvalue weighted by atomic mass is 79.9. The molecule has 66 valence electrons. The lowest BCUT2D eigenvalue weighted by atomic mass is 10.2. The minimum atomic E-state index is 0.228. The number of halogens is 2. The first kappa shape index (κ1) is 9.74. The van der Waals surface area contributed by atoms with Gasteiger partial charge in [0.1, 0.15) is 5.15 Å². The molecule has 3 nitrogen and oxygen atoms in total. The molecule has 0 saturated carbocycles. The quantitative estimate of drug-likeness (QED) is 0.820. The Bertz CT molecular complexity index is 290. The van der Waals surface area contributed by atoms with Crippen LogP contribution in [0.1, 0.15) is 19.0 Å². The number of hydrogen-bond donors (Lipinski definition) is 1. The summed E-state index contributed by atoms with van der Waals surface area (Å²) in [7, 11) is 0. The summed E-state index contributed by atoms with van der Waals surface area (Å²) in [6.45, 7) is 2.07. The Kier molecular flexibility index (Phi) is 3.29. The minimum absolute atomic E-state index is 0.228. The zero-order valence-electron chi connectivity index (χ0n) is 6.64. The Morgan fingerprint density at radius 1 is 1.50 bits per heavy atom. The largest absolute Gasteiger partial charge is 0.368 e. The predicted molar refractivity (Wildman–Crippen MR) is 53.1 cm³/mol. The predicted octanol–water partition coefficient (Wildman–Crippen LogP) is 2.43. The third-order valence-corrected chi connectivity index (χ3v) is 2.72. The summed E-state index contributed by atoms with van der Waals surface area (Å²) in [5.41, 5.74) is 6.30. The van der Waals surface area contributed by atoms with E-state index in [1.165, 1.54) is 0 Å². The van der Waals surface area contributed by atoms with Crippen molar-refractivity contribution >= 4 is 33.5 Å². The van der Waals surface area contributed by atoms with Gasteiger partial charge in [-0.2, -0.15) is 0 Å². The topological polar surface area (TPSA) is 51.8 Å². The molecule has 1 aromatic rings. The summed E-state index contributed by atoms with van der Waals surface area (Å²) < 4.78 is 0.750. The first-order chi connectivity index (χ1) is 5.65. The normalized spacial score (nSPS) is 10.2. The van der Waals surface area contributed by atoms with Crippen molar-refractivity contribution in [2.75, 3.05) is 5.73 Å². The molecule has 1 rings (SSSR count). The monoisotopic (exact) mass is 249 g/mol. The molecular weight excluding hydrogens is 241 g/mol. The number of aromatic nitrogens is 2. The highest BCUT2D eigenvalue weighted by molar-refractivity contribution is 9.10. The van der Waals surface area contributed by atoms with Crippen LogP contribution in [0.2, 0.25) is 5.15 Å². The smallest absolute Gasteiger partial charge is 0.221 e. The van der Waals surface area contributed by atoms with E-state index in [1.807, 2.05) is 0 Å². The summed E-state index contributed by atoms with van der Waals surface area (Å²) in [5.74, 6) is 0.228. The maximum atomic E-state index is 5.78. The van der Waals surface area contributed by atoms with Crippen LogP contribution in [-0.4, -0.2) is 9.97 Å². The van der Waals surface area contributed by atoms with E-state index in [0.29, 0.717) is 5.15 Å². The van der Waals surface area contributed by atoms with E-state index in [1.54, 1.807) is 0 Å². The lowest BCUT2D eigenvalue weighted by molar-refractivity contribution is 0.869. The molecule has 5 heteroatoms. The third-order valence-electron chi connectivity index (χ3n) is 1.38. The van der Waals surface area contributed by atoms with Crippen molar-refractivity contribution in [2.45, 2.75) is 19.8 Å². The van der Waals surface area contributed by atoms with E-state index in [0.717, 1.165) is 23.0 Å². The van der Waals surface area contributed by atoms with Gasteiger partial charge < -0.3 is 5.73 Å². The molecule has 0 saturated heterocycles. The van der Waals surface area contributed by atoms with E-state index in [9.17, 15) is 0 Å². The van der Waals surface area contributed by atoms with Gasteiger partial charge >= 0.3 is 0 Å². The second-order valence-electron chi connectivity index (χ2n) is 2.38. The van der Waals surface area contributed by atoms with Crippen LogP contribution in [0, 0.1) is 0 Å². The van der Waals surface area contributed by atoms with E-state index in [-0.39, 0.29) is 5.95 Å². The zero-order valence-corrected chi connectivity index (χ0v) is 8.98. The standard InChI is InChI=1S/C7H9BrClN3/c1-2-3-4-5(8)6(9)12-7(10)11-4/h2-3H2,1H3,(H2,10,11,12). The van der Waals surface area contributed by atoms with Crippen molar-refractivity contribution in [1.29, 1.82) is 0 Å². The van der Waals surface area contributed by atoms with Gasteiger partial charge in [-0.1, -0.05) is 24.9 Å². The Labute approximate surface area is 84.5 Å². The second kappa shape index (κ2) is 4.05. The first-order valence-corrected chi connectivity index (χ1v) is 4.79.